The molecular weight excluding hydrogens is 500 g/mol. The second-order valence-electron chi connectivity index (χ2n) is 15.0. The van der Waals surface area contributed by atoms with E-state index in [2.05, 4.69) is 6.92 Å². The van der Waals surface area contributed by atoms with Crippen LogP contribution in [0.3, 0.4) is 0 Å². The lowest BCUT2D eigenvalue weighted by Gasteiger charge is -2.56. The highest BCUT2D eigenvalue weighted by molar-refractivity contribution is 5.39. The predicted octanol–water partition coefficient (Wildman–Crippen LogP) is 6.69. The van der Waals surface area contributed by atoms with E-state index in [0.29, 0.717) is 6.10 Å². The van der Waals surface area contributed by atoms with Gasteiger partial charge in [0.15, 0.2) is 0 Å². The van der Waals surface area contributed by atoms with Crippen molar-refractivity contribution in [2.24, 2.45) is 59.2 Å². The van der Waals surface area contributed by atoms with Gasteiger partial charge in [-0.05, 0) is 123 Å². The first-order valence-electron chi connectivity index (χ1n) is 17.1. The molecule has 7 rings (SSSR count). The molecule has 5 heteroatoms. The van der Waals surface area contributed by atoms with Gasteiger partial charge >= 0.3 is 0 Å². The van der Waals surface area contributed by atoms with E-state index < -0.39 is 0 Å². The molecule has 1 heterocycles. The number of allylic oxidation sites excluding steroid dienone is 2. The fourth-order valence-electron chi connectivity index (χ4n) is 11.7. The maximum atomic E-state index is 7.28. The average Bonchev–Trinajstić information content (AvgIpc) is 3.70. The van der Waals surface area contributed by atoms with Crippen LogP contribution in [-0.2, 0) is 4.74 Å². The zero-order chi connectivity index (χ0) is 24.1. The molecular formula is C35H66O5. The highest BCUT2D eigenvalue weighted by atomic mass is 16.5. The Bertz CT molecular complexity index is 810. The highest BCUT2D eigenvalue weighted by Gasteiger charge is 2.54. The zero-order valence-corrected chi connectivity index (χ0v) is 25.6. The van der Waals surface area contributed by atoms with Gasteiger partial charge in [-0.2, -0.15) is 0 Å². The van der Waals surface area contributed by atoms with E-state index in [1.54, 1.807) is 19.3 Å². The Morgan fingerprint density at radius 1 is 0.625 bits per heavy atom. The predicted molar refractivity (Wildman–Crippen MR) is 166 cm³/mol. The van der Waals surface area contributed by atoms with Crippen molar-refractivity contribution in [1.29, 1.82) is 0 Å². The molecule has 8 N–H and O–H groups in total. The van der Waals surface area contributed by atoms with Crippen molar-refractivity contribution < 1.29 is 28.1 Å². The van der Waals surface area contributed by atoms with Gasteiger partial charge < -0.3 is 26.6 Å². The number of ether oxygens (including phenoxy) is 1. The molecule has 40 heavy (non-hydrogen) atoms. The van der Waals surface area contributed by atoms with Crippen LogP contribution in [0.1, 0.15) is 137 Å². The first-order valence-corrected chi connectivity index (χ1v) is 17.1. The molecule has 0 bridgehead atoms. The number of hydrogen-bond donors (Lipinski definition) is 0. The molecule has 0 aromatic rings. The van der Waals surface area contributed by atoms with Crippen molar-refractivity contribution in [2.45, 2.75) is 141 Å². The lowest BCUT2D eigenvalue weighted by molar-refractivity contribution is -0.129. The maximum absolute atomic E-state index is 7.28. The largest absolute Gasteiger partial charge is 0.412 e. The van der Waals surface area contributed by atoms with Crippen LogP contribution in [-0.4, -0.2) is 34.6 Å². The minimum atomic E-state index is 0. The summed E-state index contributed by atoms with van der Waals surface area (Å²) < 4.78 is 7.28. The first-order chi connectivity index (χ1) is 17.8. The van der Waals surface area contributed by atoms with Crippen LogP contribution in [0, 0.1) is 59.2 Å². The zero-order valence-electron chi connectivity index (χ0n) is 25.6. The molecule has 7 aliphatic rings. The monoisotopic (exact) mass is 566 g/mol. The van der Waals surface area contributed by atoms with Gasteiger partial charge in [-0.3, -0.25) is 0 Å². The Morgan fingerprint density at radius 2 is 1.23 bits per heavy atom. The molecule has 9 unspecified atom stereocenters. The fraction of sp³-hybridized carbons (Fsp3) is 0.943. The molecule has 1 aliphatic heterocycles. The van der Waals surface area contributed by atoms with Crippen LogP contribution in [0.15, 0.2) is 11.1 Å². The number of fused-ring (bicyclic) bond motifs is 8. The van der Waals surface area contributed by atoms with E-state index in [-0.39, 0.29) is 23.3 Å². The summed E-state index contributed by atoms with van der Waals surface area (Å²) >= 11 is 0. The summed E-state index contributed by atoms with van der Waals surface area (Å²) in [7, 11) is 0. The molecule has 0 spiro atoms. The summed E-state index contributed by atoms with van der Waals surface area (Å²) in [5.74, 6) is 9.75. The number of hydrogen-bond acceptors (Lipinski definition) is 1. The molecule has 0 aromatic heterocycles. The Hall–Kier alpha value is -0.460. The third kappa shape index (κ3) is 6.54. The molecule has 5 saturated carbocycles. The van der Waals surface area contributed by atoms with Crippen LogP contribution < -0.4 is 0 Å². The Morgan fingerprint density at radius 3 is 1.90 bits per heavy atom. The molecule has 0 radical (unpaired) electrons. The normalized spacial score (nSPS) is 44.2. The van der Waals surface area contributed by atoms with Crippen LogP contribution in [0.4, 0.5) is 0 Å². The molecule has 5 fully saturated rings. The third-order valence-corrected chi connectivity index (χ3v) is 13.4. The van der Waals surface area contributed by atoms with E-state index in [9.17, 15) is 0 Å². The Kier molecular flexibility index (Phi) is 12.6. The average molecular weight is 567 g/mol. The van der Waals surface area contributed by atoms with Crippen molar-refractivity contribution in [1.82, 2.24) is 0 Å². The van der Waals surface area contributed by atoms with Gasteiger partial charge in [-0.15, -0.1) is 0 Å². The fourth-order valence-corrected chi connectivity index (χ4v) is 11.7. The summed E-state index contributed by atoms with van der Waals surface area (Å²) in [4.78, 5) is 0. The van der Waals surface area contributed by atoms with Crippen molar-refractivity contribution in [3.05, 3.63) is 11.1 Å². The van der Waals surface area contributed by atoms with E-state index in [4.69, 9.17) is 4.74 Å². The van der Waals surface area contributed by atoms with E-state index in [1.165, 1.54) is 109 Å². The Balaban J connectivity index is 0.00000118. The number of rotatable bonds is 3. The lowest BCUT2D eigenvalue weighted by Crippen LogP contribution is -2.52. The van der Waals surface area contributed by atoms with E-state index >= 15 is 0 Å². The molecule has 5 nitrogen and oxygen atoms in total. The summed E-state index contributed by atoms with van der Waals surface area (Å²) in [5.41, 5.74) is 3.96. The topological polar surface area (TPSA) is 135 Å². The molecule has 236 valence electrons. The second kappa shape index (κ2) is 14.8. The van der Waals surface area contributed by atoms with Gasteiger partial charge in [-0.25, -0.2) is 0 Å². The molecule has 0 aromatic carbocycles. The SMILES string of the molecule is CCCC1CCC(C2COC3CCC4CCCCC4C3C3C(CCC4CCCCC43)C3=C(C3)C2)CC1.O.O.O.O.[HH]. The smallest absolute Gasteiger partial charge is 0.0609 e. The third-order valence-electron chi connectivity index (χ3n) is 13.4. The van der Waals surface area contributed by atoms with Crippen LogP contribution in [0.5, 0.6) is 0 Å². The molecule has 0 saturated heterocycles. The first kappa shape index (κ1) is 34.0. The van der Waals surface area contributed by atoms with Crippen molar-refractivity contribution in [3.63, 3.8) is 0 Å². The molecule has 0 amide bonds. The summed E-state index contributed by atoms with van der Waals surface area (Å²) in [5, 5.41) is 0. The summed E-state index contributed by atoms with van der Waals surface area (Å²) in [6.07, 6.45) is 30.5. The summed E-state index contributed by atoms with van der Waals surface area (Å²) in [6, 6.07) is 0. The lowest BCUT2D eigenvalue weighted by atomic mass is 9.51. The Labute approximate surface area is 246 Å². The van der Waals surface area contributed by atoms with Crippen LogP contribution in [0.2, 0.25) is 0 Å². The van der Waals surface area contributed by atoms with Crippen molar-refractivity contribution in [3.8, 4) is 0 Å². The van der Waals surface area contributed by atoms with E-state index in [1.807, 2.05) is 11.1 Å². The molecule has 9 atom stereocenters. The maximum Gasteiger partial charge on any atom is 0.0609 e. The van der Waals surface area contributed by atoms with Gasteiger partial charge in [0.25, 0.3) is 0 Å². The van der Waals surface area contributed by atoms with E-state index in [0.717, 1.165) is 65.8 Å². The van der Waals surface area contributed by atoms with Crippen molar-refractivity contribution in [2.75, 3.05) is 6.61 Å². The van der Waals surface area contributed by atoms with Gasteiger partial charge in [-0.1, -0.05) is 82.3 Å². The highest BCUT2D eigenvalue weighted by Crippen LogP contribution is 2.61. The van der Waals surface area contributed by atoms with Gasteiger partial charge in [0.2, 0.25) is 0 Å². The molecule has 6 aliphatic carbocycles. The standard InChI is InChI=1S/C35H56O.4H2O.H2/c1-2-7-23-12-14-24(15-13-23)28-20-27-21-32(27)31-18-16-25-8-3-5-10-29(25)34(31)35-30-11-6-4-9-26(30)17-19-33(35)36-22-28;;;;;/h23-26,28-31,33-35H,2-22H2,1H3;4*1H2;1H. The quantitative estimate of drug-likeness (QED) is 0.345. The van der Waals surface area contributed by atoms with Crippen LogP contribution in [0.25, 0.3) is 0 Å². The second-order valence-corrected chi connectivity index (χ2v) is 15.0. The minimum Gasteiger partial charge on any atom is -0.412 e. The van der Waals surface area contributed by atoms with Crippen LogP contribution >= 0.6 is 0 Å². The van der Waals surface area contributed by atoms with Gasteiger partial charge in [0.05, 0.1) is 12.7 Å². The van der Waals surface area contributed by atoms with Crippen molar-refractivity contribution >= 4 is 0 Å². The van der Waals surface area contributed by atoms with Gasteiger partial charge in [0.1, 0.15) is 0 Å². The van der Waals surface area contributed by atoms with Gasteiger partial charge in [0, 0.05) is 1.43 Å². The minimum absolute atomic E-state index is 0. The summed E-state index contributed by atoms with van der Waals surface area (Å²) in [6.45, 7) is 3.48.